The molecule has 11 heteroatoms. The highest BCUT2D eigenvalue weighted by Crippen LogP contribution is 2.40. The number of nitrogens with two attached hydrogens (primary N) is 2. The van der Waals surface area contributed by atoms with Crippen LogP contribution in [0.5, 0.6) is 0 Å². The highest BCUT2D eigenvalue weighted by atomic mass is 19.4. The molecule has 36 heavy (non-hydrogen) atoms. The van der Waals surface area contributed by atoms with Gasteiger partial charge >= 0.3 is 12.1 Å². The zero-order chi connectivity index (χ0) is 26.7. The van der Waals surface area contributed by atoms with Crippen molar-refractivity contribution in [1.29, 1.82) is 0 Å². The van der Waals surface area contributed by atoms with Crippen LogP contribution >= 0.6 is 0 Å². The molecule has 0 aliphatic carbocycles. The lowest BCUT2D eigenvalue weighted by Crippen LogP contribution is -2.41. The number of halogens is 3. The van der Waals surface area contributed by atoms with Crippen LogP contribution in [-0.2, 0) is 15.1 Å². The van der Waals surface area contributed by atoms with Crippen molar-refractivity contribution in [3.8, 4) is 11.1 Å². The van der Waals surface area contributed by atoms with Gasteiger partial charge in [-0.05, 0) is 40.5 Å². The van der Waals surface area contributed by atoms with Gasteiger partial charge in [0.15, 0.2) is 11.5 Å². The predicted molar refractivity (Wildman–Crippen MR) is 126 cm³/mol. The summed E-state index contributed by atoms with van der Waals surface area (Å²) >= 11 is 0. The molecule has 0 radical (unpaired) electrons. The van der Waals surface area contributed by atoms with E-state index in [1.807, 2.05) is 60.7 Å². The number of rotatable bonds is 4. The van der Waals surface area contributed by atoms with Gasteiger partial charge in [-0.15, -0.1) is 0 Å². The molecule has 4 rings (SSSR count). The van der Waals surface area contributed by atoms with Crippen LogP contribution < -0.4 is 11.5 Å². The van der Waals surface area contributed by atoms with Crippen LogP contribution in [0.25, 0.3) is 11.1 Å². The van der Waals surface area contributed by atoms with Crippen molar-refractivity contribution in [2.45, 2.75) is 11.7 Å². The van der Waals surface area contributed by atoms with E-state index in [1.54, 1.807) is 25.2 Å². The molecule has 1 aliphatic heterocycles. The fourth-order valence-electron chi connectivity index (χ4n) is 3.64. The third-order valence-electron chi connectivity index (χ3n) is 5.43. The van der Waals surface area contributed by atoms with Crippen LogP contribution in [0.4, 0.5) is 13.2 Å². The van der Waals surface area contributed by atoms with E-state index in [4.69, 9.17) is 21.4 Å². The second-order valence-electron chi connectivity index (χ2n) is 7.74. The Balaban J connectivity index is 0.000000454. The maximum atomic E-state index is 13.3. The standard InChI is InChI=1S/C23H20N4O2.C2HF3O2/c1-27-21(29)23(26-22(27)25,18-10-3-2-4-11-18)19-12-6-8-16(14-19)15-7-5-9-17(13-15)20(24)28;3-2(4,5)1(6)7/h2-14H,1H3,(H2,24,28)(H2,25,26);(H,6,7). The van der Waals surface area contributed by atoms with Crippen LogP contribution in [0.15, 0.2) is 83.9 Å². The summed E-state index contributed by atoms with van der Waals surface area (Å²) in [5.74, 6) is -3.30. The first-order valence-electron chi connectivity index (χ1n) is 10.4. The molecule has 8 nitrogen and oxygen atoms in total. The molecule has 0 saturated heterocycles. The first kappa shape index (κ1) is 25.9. The van der Waals surface area contributed by atoms with E-state index >= 15 is 0 Å². The smallest absolute Gasteiger partial charge is 0.475 e. The number of benzene rings is 3. The molecule has 0 fully saturated rings. The Labute approximate surface area is 203 Å². The van der Waals surface area contributed by atoms with Crippen molar-refractivity contribution < 1.29 is 32.7 Å². The van der Waals surface area contributed by atoms with Gasteiger partial charge in [0.1, 0.15) is 0 Å². The number of carbonyl (C=O) groups excluding carboxylic acids is 2. The molecular formula is C25H21F3N4O4. The average Bonchev–Trinajstić information content (AvgIpc) is 3.09. The zero-order valence-corrected chi connectivity index (χ0v) is 18.9. The van der Waals surface area contributed by atoms with E-state index < -0.39 is 23.6 Å². The Hall–Kier alpha value is -4.67. The number of carboxylic acids is 1. The topological polar surface area (TPSA) is 139 Å². The molecule has 0 bridgehead atoms. The highest BCUT2D eigenvalue weighted by Gasteiger charge is 2.49. The van der Waals surface area contributed by atoms with Crippen molar-refractivity contribution in [3.63, 3.8) is 0 Å². The van der Waals surface area contributed by atoms with E-state index in [9.17, 15) is 22.8 Å². The Morgan fingerprint density at radius 3 is 1.94 bits per heavy atom. The lowest BCUT2D eigenvalue weighted by atomic mass is 9.81. The van der Waals surface area contributed by atoms with Gasteiger partial charge in [-0.1, -0.05) is 60.7 Å². The second-order valence-corrected chi connectivity index (χ2v) is 7.74. The first-order valence-corrected chi connectivity index (χ1v) is 10.4. The molecule has 0 saturated carbocycles. The Bertz CT molecular complexity index is 1340. The molecule has 0 spiro atoms. The lowest BCUT2D eigenvalue weighted by Gasteiger charge is -2.26. The fourth-order valence-corrected chi connectivity index (χ4v) is 3.64. The van der Waals surface area contributed by atoms with Gasteiger partial charge in [-0.25, -0.2) is 9.79 Å². The quantitative estimate of drug-likeness (QED) is 0.507. The maximum absolute atomic E-state index is 13.3. The summed E-state index contributed by atoms with van der Waals surface area (Å²) < 4.78 is 31.7. The Kier molecular flexibility index (Phi) is 7.14. The van der Waals surface area contributed by atoms with Crippen LogP contribution in [-0.4, -0.2) is 47.0 Å². The van der Waals surface area contributed by atoms with E-state index in [0.717, 1.165) is 16.7 Å². The van der Waals surface area contributed by atoms with Crippen LogP contribution in [0.3, 0.4) is 0 Å². The summed E-state index contributed by atoms with van der Waals surface area (Å²) in [4.78, 5) is 39.7. The van der Waals surface area contributed by atoms with Gasteiger partial charge in [0.25, 0.3) is 5.91 Å². The van der Waals surface area contributed by atoms with Crippen LogP contribution in [0.1, 0.15) is 21.5 Å². The summed E-state index contributed by atoms with van der Waals surface area (Å²) in [5.41, 5.74) is 13.7. The number of guanidine groups is 1. The minimum atomic E-state index is -5.08. The number of carbonyl (C=O) groups is 3. The van der Waals surface area contributed by atoms with Crippen LogP contribution in [0, 0.1) is 0 Å². The minimum Gasteiger partial charge on any atom is -0.475 e. The number of aliphatic imine (C=N–C) groups is 1. The first-order chi connectivity index (χ1) is 16.9. The number of nitrogens with zero attached hydrogens (tertiary/aromatic N) is 2. The Morgan fingerprint density at radius 1 is 0.917 bits per heavy atom. The number of alkyl halides is 3. The molecule has 0 aromatic heterocycles. The second kappa shape index (κ2) is 9.90. The zero-order valence-electron chi connectivity index (χ0n) is 18.9. The summed E-state index contributed by atoms with van der Waals surface area (Å²) in [6, 6.07) is 24.0. The predicted octanol–water partition coefficient (Wildman–Crippen LogP) is 3.12. The monoisotopic (exact) mass is 498 g/mol. The molecule has 2 amide bonds. The molecule has 3 aromatic rings. The molecule has 186 valence electrons. The molecule has 1 unspecified atom stereocenters. The van der Waals surface area contributed by atoms with Gasteiger partial charge in [0.2, 0.25) is 5.91 Å². The molecular weight excluding hydrogens is 477 g/mol. The number of primary amides is 1. The summed E-state index contributed by atoms with van der Waals surface area (Å²) in [6.45, 7) is 0. The number of hydrogen-bond donors (Lipinski definition) is 3. The number of carboxylic acid groups (broad SMARTS) is 1. The number of amides is 2. The molecule has 1 aliphatic rings. The largest absolute Gasteiger partial charge is 0.490 e. The SMILES string of the molecule is CN1C(=O)C(c2ccccc2)(c2cccc(-c3cccc(C(N)=O)c3)c2)N=C1N.O=C(O)C(F)(F)F. The van der Waals surface area contributed by atoms with Gasteiger partial charge < -0.3 is 16.6 Å². The summed E-state index contributed by atoms with van der Waals surface area (Å²) in [5, 5.41) is 7.12. The molecule has 1 atom stereocenters. The third-order valence-corrected chi connectivity index (χ3v) is 5.43. The molecule has 5 N–H and O–H groups in total. The fraction of sp³-hybridized carbons (Fsp3) is 0.120. The normalized spacial score (nSPS) is 17.2. The third kappa shape index (κ3) is 5.04. The Morgan fingerprint density at radius 2 is 1.44 bits per heavy atom. The van der Waals surface area contributed by atoms with Crippen molar-refractivity contribution in [2.75, 3.05) is 7.05 Å². The van der Waals surface area contributed by atoms with Gasteiger partial charge in [0, 0.05) is 12.6 Å². The van der Waals surface area contributed by atoms with E-state index in [0.29, 0.717) is 11.1 Å². The minimum absolute atomic E-state index is 0.167. The number of likely N-dealkylation sites (N-methyl/N-ethyl adjacent to an activating group) is 1. The molecule has 1 heterocycles. The average molecular weight is 498 g/mol. The summed E-state index contributed by atoms with van der Waals surface area (Å²) in [7, 11) is 1.62. The highest BCUT2D eigenvalue weighted by molar-refractivity contribution is 6.09. The lowest BCUT2D eigenvalue weighted by molar-refractivity contribution is -0.192. The van der Waals surface area contributed by atoms with Crippen molar-refractivity contribution in [2.24, 2.45) is 16.5 Å². The number of hydrogen-bond acceptors (Lipinski definition) is 5. The van der Waals surface area contributed by atoms with Crippen molar-refractivity contribution >= 4 is 23.7 Å². The van der Waals surface area contributed by atoms with E-state index in [1.165, 1.54) is 4.90 Å². The van der Waals surface area contributed by atoms with Crippen molar-refractivity contribution in [3.05, 3.63) is 95.6 Å². The number of aliphatic carboxylic acids is 1. The summed E-state index contributed by atoms with van der Waals surface area (Å²) in [6.07, 6.45) is -5.08. The van der Waals surface area contributed by atoms with Gasteiger partial charge in [0.05, 0.1) is 0 Å². The van der Waals surface area contributed by atoms with Gasteiger partial charge in [-0.3, -0.25) is 14.5 Å². The molecule has 3 aromatic carbocycles. The van der Waals surface area contributed by atoms with Gasteiger partial charge in [-0.2, -0.15) is 13.2 Å². The maximum Gasteiger partial charge on any atom is 0.490 e. The van der Waals surface area contributed by atoms with E-state index in [-0.39, 0.29) is 11.9 Å². The van der Waals surface area contributed by atoms with Crippen LogP contribution in [0.2, 0.25) is 0 Å². The van der Waals surface area contributed by atoms with Crippen molar-refractivity contribution in [1.82, 2.24) is 4.90 Å². The van der Waals surface area contributed by atoms with E-state index in [2.05, 4.69) is 4.99 Å².